The number of alkyl halides is 2. The molecule has 1 atom stereocenters. The molecule has 1 aliphatic carbocycles. The lowest BCUT2D eigenvalue weighted by Gasteiger charge is -2.26. The molecule has 0 aromatic heterocycles. The van der Waals surface area contributed by atoms with Crippen molar-refractivity contribution in [3.63, 3.8) is 0 Å². The number of carbonyl (C=O) groups excluding carboxylic acids is 1. The van der Waals surface area contributed by atoms with E-state index >= 15 is 0 Å². The van der Waals surface area contributed by atoms with Crippen LogP contribution in [-0.2, 0) is 14.6 Å². The number of hydrogen-bond donors (Lipinski definition) is 1. The first kappa shape index (κ1) is 18.5. The van der Waals surface area contributed by atoms with Gasteiger partial charge in [-0.25, -0.2) is 8.42 Å². The van der Waals surface area contributed by atoms with Crippen LogP contribution >= 0.6 is 0 Å². The zero-order valence-corrected chi connectivity index (χ0v) is 13.5. The summed E-state index contributed by atoms with van der Waals surface area (Å²) >= 11 is 0. The van der Waals surface area contributed by atoms with Crippen molar-refractivity contribution in [1.82, 2.24) is 0 Å². The summed E-state index contributed by atoms with van der Waals surface area (Å²) in [7, 11) is -3.99. The smallest absolute Gasteiger partial charge is 0.320 e. The highest BCUT2D eigenvalue weighted by atomic mass is 32.2. The lowest BCUT2D eigenvalue weighted by Crippen LogP contribution is -2.48. The topological polar surface area (TPSA) is 77.2 Å². The summed E-state index contributed by atoms with van der Waals surface area (Å²) in [5, 5.41) is -0.939. The Labute approximate surface area is 125 Å². The summed E-state index contributed by atoms with van der Waals surface area (Å²) in [4.78, 5) is 11.8. The molecule has 0 heterocycles. The Morgan fingerprint density at radius 1 is 1.24 bits per heavy atom. The molecule has 0 spiro atoms. The second-order valence-corrected chi connectivity index (χ2v) is 8.83. The average Bonchev–Trinajstić information content (AvgIpc) is 2.37. The van der Waals surface area contributed by atoms with Crippen molar-refractivity contribution in [3.05, 3.63) is 0 Å². The van der Waals surface area contributed by atoms with E-state index < -0.39 is 38.6 Å². The van der Waals surface area contributed by atoms with Crippen LogP contribution in [0.5, 0.6) is 0 Å². The highest BCUT2D eigenvalue weighted by molar-refractivity contribution is 7.92. The minimum Gasteiger partial charge on any atom is -0.321 e. The zero-order valence-electron chi connectivity index (χ0n) is 12.6. The monoisotopic (exact) mass is 325 g/mol. The van der Waals surface area contributed by atoms with Gasteiger partial charge in [0, 0.05) is 0 Å². The van der Waals surface area contributed by atoms with Gasteiger partial charge in [-0.15, -0.1) is 0 Å². The van der Waals surface area contributed by atoms with E-state index in [-0.39, 0.29) is 12.3 Å². The molecular formula is C14H25F2NO3S. The van der Waals surface area contributed by atoms with Crippen LogP contribution in [0.1, 0.15) is 52.4 Å². The maximum Gasteiger partial charge on any atom is 0.320 e. The lowest BCUT2D eigenvalue weighted by atomic mass is 9.83. The average molecular weight is 325 g/mol. The van der Waals surface area contributed by atoms with Gasteiger partial charge in [0.15, 0.2) is 9.84 Å². The first-order valence-corrected chi connectivity index (χ1v) is 9.17. The second kappa shape index (κ2) is 7.13. The fourth-order valence-electron chi connectivity index (χ4n) is 2.65. The molecule has 0 aromatic rings. The Morgan fingerprint density at radius 2 is 1.76 bits per heavy atom. The van der Waals surface area contributed by atoms with Gasteiger partial charge < -0.3 is 5.73 Å². The van der Waals surface area contributed by atoms with E-state index in [4.69, 9.17) is 5.73 Å². The number of halogens is 2. The molecular weight excluding hydrogens is 300 g/mol. The molecule has 4 nitrogen and oxygen atoms in total. The van der Waals surface area contributed by atoms with Gasteiger partial charge in [-0.05, 0) is 26.2 Å². The predicted octanol–water partition coefficient (Wildman–Crippen LogP) is 2.31. The molecule has 124 valence electrons. The number of carbonyl (C=O) groups is 1. The van der Waals surface area contributed by atoms with Gasteiger partial charge in [0.2, 0.25) is 5.78 Å². The Kier molecular flexibility index (Phi) is 6.28. The molecule has 2 N–H and O–H groups in total. The second-order valence-electron chi connectivity index (χ2n) is 6.27. The molecule has 0 saturated heterocycles. The third-order valence-electron chi connectivity index (χ3n) is 4.11. The van der Waals surface area contributed by atoms with Crippen LogP contribution in [0.3, 0.4) is 0 Å². The fourth-order valence-corrected chi connectivity index (χ4v) is 3.63. The third kappa shape index (κ3) is 5.29. The van der Waals surface area contributed by atoms with Gasteiger partial charge in [0.05, 0.1) is 11.3 Å². The Balaban J connectivity index is 2.66. The number of nitrogens with two attached hydrogens (primary N) is 1. The van der Waals surface area contributed by atoms with Crippen molar-refractivity contribution in [2.75, 3.05) is 5.75 Å². The van der Waals surface area contributed by atoms with Gasteiger partial charge in [-0.1, -0.05) is 32.1 Å². The van der Waals surface area contributed by atoms with E-state index in [0.717, 1.165) is 32.1 Å². The molecule has 21 heavy (non-hydrogen) atoms. The van der Waals surface area contributed by atoms with Crippen LogP contribution in [-0.4, -0.2) is 37.2 Å². The quantitative estimate of drug-likeness (QED) is 0.779. The molecule has 0 bridgehead atoms. The van der Waals surface area contributed by atoms with Gasteiger partial charge in [0.1, 0.15) is 5.75 Å². The molecule has 0 unspecified atom stereocenters. The SMILES string of the molecule is CC(C)S(=O)(=O)CC(F)(F)C(=O)[C@@H](N)CC1CCCCC1. The lowest BCUT2D eigenvalue weighted by molar-refractivity contribution is -0.142. The summed E-state index contributed by atoms with van der Waals surface area (Å²) in [5.41, 5.74) is 5.60. The summed E-state index contributed by atoms with van der Waals surface area (Å²) in [5.74, 6) is -6.61. The molecule has 1 aliphatic rings. The Bertz CT molecular complexity index is 457. The number of rotatable bonds is 7. The maximum atomic E-state index is 13.9. The molecule has 0 aliphatic heterocycles. The molecule has 0 aromatic carbocycles. The van der Waals surface area contributed by atoms with E-state index in [1.807, 2.05) is 0 Å². The van der Waals surface area contributed by atoms with Crippen LogP contribution in [0.25, 0.3) is 0 Å². The van der Waals surface area contributed by atoms with Crippen molar-refractivity contribution in [2.24, 2.45) is 11.7 Å². The third-order valence-corrected chi connectivity index (χ3v) is 6.31. The van der Waals surface area contributed by atoms with Gasteiger partial charge in [0.25, 0.3) is 0 Å². The first-order chi connectivity index (χ1) is 9.56. The number of Topliss-reactive ketones (excluding diaryl/α,β-unsaturated/α-hetero) is 1. The van der Waals surface area contributed by atoms with Crippen molar-refractivity contribution >= 4 is 15.6 Å². The van der Waals surface area contributed by atoms with Crippen molar-refractivity contribution in [1.29, 1.82) is 0 Å². The van der Waals surface area contributed by atoms with Crippen molar-refractivity contribution < 1.29 is 22.0 Å². The van der Waals surface area contributed by atoms with Gasteiger partial charge in [-0.2, -0.15) is 8.78 Å². The van der Waals surface area contributed by atoms with Crippen LogP contribution in [0.2, 0.25) is 0 Å². The van der Waals surface area contributed by atoms with E-state index in [1.165, 1.54) is 13.8 Å². The van der Waals surface area contributed by atoms with Crippen molar-refractivity contribution in [3.8, 4) is 0 Å². The highest BCUT2D eigenvalue weighted by Gasteiger charge is 2.46. The largest absolute Gasteiger partial charge is 0.321 e. The number of sulfone groups is 1. The minimum absolute atomic E-state index is 0.190. The minimum atomic E-state index is -3.99. The van der Waals surface area contributed by atoms with E-state index in [2.05, 4.69) is 0 Å². The number of ketones is 1. The highest BCUT2D eigenvalue weighted by Crippen LogP contribution is 2.29. The summed E-state index contributed by atoms with van der Waals surface area (Å²) in [6.07, 6.45) is 5.21. The molecule has 1 saturated carbocycles. The standard InChI is InChI=1S/C14H25F2NO3S/c1-10(2)21(19,20)9-14(15,16)13(18)12(17)8-11-6-4-3-5-7-11/h10-12H,3-9,17H2,1-2H3/t12-/m0/s1. The van der Waals surface area contributed by atoms with Crippen molar-refractivity contribution in [2.45, 2.75) is 69.6 Å². The molecule has 0 radical (unpaired) electrons. The Hall–Kier alpha value is -0.560. The summed E-state index contributed by atoms with van der Waals surface area (Å²) in [6.45, 7) is 2.63. The summed E-state index contributed by atoms with van der Waals surface area (Å²) in [6, 6.07) is -1.29. The maximum absolute atomic E-state index is 13.9. The van der Waals surface area contributed by atoms with Gasteiger partial charge >= 0.3 is 5.92 Å². The molecule has 1 fully saturated rings. The van der Waals surface area contributed by atoms with Crippen LogP contribution < -0.4 is 5.73 Å². The first-order valence-electron chi connectivity index (χ1n) is 7.45. The van der Waals surface area contributed by atoms with Crippen LogP contribution in [0, 0.1) is 5.92 Å². The van der Waals surface area contributed by atoms with E-state index in [9.17, 15) is 22.0 Å². The van der Waals surface area contributed by atoms with E-state index in [1.54, 1.807) is 0 Å². The Morgan fingerprint density at radius 3 is 2.24 bits per heavy atom. The van der Waals surface area contributed by atoms with Gasteiger partial charge in [-0.3, -0.25) is 4.79 Å². The van der Waals surface area contributed by atoms with Crippen LogP contribution in [0.4, 0.5) is 8.78 Å². The zero-order chi connectivity index (χ0) is 16.3. The number of hydrogen-bond acceptors (Lipinski definition) is 4. The molecule has 1 rings (SSSR count). The predicted molar refractivity (Wildman–Crippen MR) is 78.0 cm³/mol. The van der Waals surface area contributed by atoms with Crippen LogP contribution in [0.15, 0.2) is 0 Å². The van der Waals surface area contributed by atoms with E-state index in [0.29, 0.717) is 0 Å². The summed E-state index contributed by atoms with van der Waals surface area (Å²) < 4.78 is 50.9. The molecule has 7 heteroatoms. The molecule has 0 amide bonds. The normalized spacial score (nSPS) is 19.7. The fraction of sp³-hybridized carbons (Fsp3) is 0.929.